The van der Waals surface area contributed by atoms with Gasteiger partial charge in [-0.15, -0.1) is 5.10 Å². The van der Waals surface area contributed by atoms with Crippen LogP contribution in [0.25, 0.3) is 11.5 Å². The van der Waals surface area contributed by atoms with Gasteiger partial charge in [0.15, 0.2) is 0 Å². The molecular formula is C15H14N4O2S. The van der Waals surface area contributed by atoms with Gasteiger partial charge in [0.25, 0.3) is 10.7 Å². The molecule has 0 radical (unpaired) electrons. The Morgan fingerprint density at radius 3 is 2.73 bits per heavy atom. The number of hydrogen-bond donors (Lipinski definition) is 2. The van der Waals surface area contributed by atoms with Crippen LogP contribution in [0.1, 0.15) is 13.1 Å². The Bertz CT molecular complexity index is 829. The van der Waals surface area contributed by atoms with Crippen molar-refractivity contribution in [3.8, 4) is 17.2 Å². The van der Waals surface area contributed by atoms with Gasteiger partial charge < -0.3 is 14.8 Å². The lowest BCUT2D eigenvalue weighted by Gasteiger charge is -2.13. The lowest BCUT2D eigenvalue weighted by atomic mass is 10.2. The molecule has 7 heteroatoms. The fourth-order valence-corrected chi connectivity index (χ4v) is 2.30. The largest absolute Gasteiger partial charge is 0.507 e. The smallest absolute Gasteiger partial charge is 0.289 e. The molecule has 112 valence electrons. The SMILES string of the molecule is CC(Nc1ccccn1)n1nc(-c2ccccc2O)oc1=S. The molecule has 2 aromatic heterocycles. The fourth-order valence-electron chi connectivity index (χ4n) is 2.02. The van der Waals surface area contributed by atoms with Gasteiger partial charge in [0.1, 0.15) is 17.7 Å². The second-order valence-corrected chi connectivity index (χ2v) is 5.02. The van der Waals surface area contributed by atoms with Crippen molar-refractivity contribution in [3.05, 3.63) is 53.5 Å². The summed E-state index contributed by atoms with van der Waals surface area (Å²) in [7, 11) is 0. The maximum atomic E-state index is 9.87. The second-order valence-electron chi connectivity index (χ2n) is 4.67. The topological polar surface area (TPSA) is 76.1 Å². The van der Waals surface area contributed by atoms with E-state index in [4.69, 9.17) is 16.6 Å². The lowest BCUT2D eigenvalue weighted by molar-refractivity contribution is 0.468. The molecule has 1 atom stereocenters. The van der Waals surface area contributed by atoms with E-state index in [1.165, 1.54) is 4.68 Å². The van der Waals surface area contributed by atoms with E-state index < -0.39 is 0 Å². The third kappa shape index (κ3) is 2.84. The van der Waals surface area contributed by atoms with E-state index in [1.807, 2.05) is 25.1 Å². The number of para-hydroxylation sites is 1. The van der Waals surface area contributed by atoms with Gasteiger partial charge in [-0.05, 0) is 43.4 Å². The van der Waals surface area contributed by atoms with Crippen LogP contribution >= 0.6 is 12.2 Å². The van der Waals surface area contributed by atoms with E-state index in [-0.39, 0.29) is 22.6 Å². The minimum Gasteiger partial charge on any atom is -0.507 e. The van der Waals surface area contributed by atoms with Gasteiger partial charge in [0.2, 0.25) is 0 Å². The van der Waals surface area contributed by atoms with Crippen molar-refractivity contribution in [1.29, 1.82) is 0 Å². The quantitative estimate of drug-likeness (QED) is 0.717. The molecule has 22 heavy (non-hydrogen) atoms. The predicted octanol–water partition coefficient (Wildman–Crippen LogP) is 3.60. The highest BCUT2D eigenvalue weighted by molar-refractivity contribution is 7.71. The molecule has 0 aliphatic heterocycles. The van der Waals surface area contributed by atoms with Crippen molar-refractivity contribution in [2.24, 2.45) is 0 Å². The van der Waals surface area contributed by atoms with Gasteiger partial charge in [-0.25, -0.2) is 4.98 Å². The van der Waals surface area contributed by atoms with E-state index >= 15 is 0 Å². The van der Waals surface area contributed by atoms with Crippen LogP contribution in [0.15, 0.2) is 53.1 Å². The zero-order valence-corrected chi connectivity index (χ0v) is 12.6. The van der Waals surface area contributed by atoms with Crippen molar-refractivity contribution in [2.45, 2.75) is 13.1 Å². The summed E-state index contributed by atoms with van der Waals surface area (Å²) in [5.41, 5.74) is 0.498. The molecular weight excluding hydrogens is 300 g/mol. The van der Waals surface area contributed by atoms with Crippen LogP contribution < -0.4 is 5.32 Å². The molecule has 2 heterocycles. The van der Waals surface area contributed by atoms with Crippen LogP contribution in [0.2, 0.25) is 0 Å². The number of aromatic hydroxyl groups is 1. The van der Waals surface area contributed by atoms with Gasteiger partial charge in [0, 0.05) is 6.20 Å². The molecule has 0 saturated heterocycles. The third-order valence-corrected chi connectivity index (χ3v) is 3.36. The molecule has 0 bridgehead atoms. The zero-order chi connectivity index (χ0) is 15.5. The Labute approximate surface area is 132 Å². The number of benzene rings is 1. The molecule has 3 aromatic rings. The molecule has 0 aliphatic rings. The molecule has 0 spiro atoms. The summed E-state index contributed by atoms with van der Waals surface area (Å²) in [4.78, 5) is 4.41. The number of hydrogen-bond acceptors (Lipinski definition) is 6. The van der Waals surface area contributed by atoms with Crippen LogP contribution in [0.5, 0.6) is 5.75 Å². The van der Waals surface area contributed by atoms with Crippen LogP contribution in [-0.4, -0.2) is 19.9 Å². The van der Waals surface area contributed by atoms with E-state index in [9.17, 15) is 5.11 Å². The summed E-state index contributed by atoms with van der Waals surface area (Å²) < 4.78 is 7.02. The number of nitrogens with one attached hydrogen (secondary N) is 1. The minimum atomic E-state index is -0.245. The number of rotatable bonds is 4. The normalized spacial score (nSPS) is 12.0. The van der Waals surface area contributed by atoms with Crippen LogP contribution in [-0.2, 0) is 0 Å². The summed E-state index contributed by atoms with van der Waals surface area (Å²) >= 11 is 5.20. The first-order valence-corrected chi connectivity index (χ1v) is 7.11. The second kappa shape index (κ2) is 5.98. The first kappa shape index (κ1) is 14.3. The highest BCUT2D eigenvalue weighted by Gasteiger charge is 2.15. The number of aromatic nitrogens is 3. The number of nitrogens with zero attached hydrogens (tertiary/aromatic N) is 3. The molecule has 0 saturated carbocycles. The van der Waals surface area contributed by atoms with Gasteiger partial charge in [-0.2, -0.15) is 4.68 Å². The van der Waals surface area contributed by atoms with Gasteiger partial charge in [0.05, 0.1) is 5.56 Å². The zero-order valence-electron chi connectivity index (χ0n) is 11.8. The average Bonchev–Trinajstić information content (AvgIpc) is 2.90. The summed E-state index contributed by atoms with van der Waals surface area (Å²) in [5, 5.41) is 17.4. The Hall–Kier alpha value is -2.67. The number of anilines is 1. The third-order valence-electron chi connectivity index (χ3n) is 3.09. The Morgan fingerprint density at radius 2 is 2.00 bits per heavy atom. The lowest BCUT2D eigenvalue weighted by Crippen LogP contribution is -2.16. The summed E-state index contributed by atoms with van der Waals surface area (Å²) in [5.74, 6) is 1.08. The van der Waals surface area contributed by atoms with Crippen LogP contribution in [0.4, 0.5) is 5.82 Å². The monoisotopic (exact) mass is 314 g/mol. The molecule has 1 unspecified atom stereocenters. The number of pyridine rings is 1. The molecule has 6 nitrogen and oxygen atoms in total. The van der Waals surface area contributed by atoms with Crippen molar-refractivity contribution in [2.75, 3.05) is 5.32 Å². The van der Waals surface area contributed by atoms with Gasteiger partial charge >= 0.3 is 0 Å². The van der Waals surface area contributed by atoms with E-state index in [0.29, 0.717) is 11.4 Å². The highest BCUT2D eigenvalue weighted by atomic mass is 32.1. The van der Waals surface area contributed by atoms with E-state index in [2.05, 4.69) is 15.4 Å². The predicted molar refractivity (Wildman–Crippen MR) is 85.0 cm³/mol. The molecule has 0 amide bonds. The highest BCUT2D eigenvalue weighted by Crippen LogP contribution is 2.28. The Morgan fingerprint density at radius 1 is 1.23 bits per heavy atom. The van der Waals surface area contributed by atoms with Crippen molar-refractivity contribution in [1.82, 2.24) is 14.8 Å². The molecule has 1 aromatic carbocycles. The average molecular weight is 314 g/mol. The first-order valence-electron chi connectivity index (χ1n) is 6.71. The van der Waals surface area contributed by atoms with Crippen LogP contribution in [0, 0.1) is 4.84 Å². The minimum absolute atomic E-state index is 0.0937. The van der Waals surface area contributed by atoms with Crippen molar-refractivity contribution < 1.29 is 9.52 Å². The van der Waals surface area contributed by atoms with Crippen molar-refractivity contribution >= 4 is 18.0 Å². The maximum Gasteiger partial charge on any atom is 0.289 e. The molecule has 0 fully saturated rings. The number of phenolic OH excluding ortho intramolecular Hbond substituents is 1. The van der Waals surface area contributed by atoms with Gasteiger partial charge in [-0.1, -0.05) is 18.2 Å². The first-order chi connectivity index (χ1) is 10.6. The Kier molecular flexibility index (Phi) is 3.88. The maximum absolute atomic E-state index is 9.87. The summed E-state index contributed by atoms with van der Waals surface area (Å²) in [6, 6.07) is 12.4. The van der Waals surface area contributed by atoms with Crippen molar-refractivity contribution in [3.63, 3.8) is 0 Å². The Balaban J connectivity index is 1.90. The molecule has 2 N–H and O–H groups in total. The summed E-state index contributed by atoms with van der Waals surface area (Å²) in [6.07, 6.45) is 1.45. The summed E-state index contributed by atoms with van der Waals surface area (Å²) in [6.45, 7) is 1.89. The van der Waals surface area contributed by atoms with Crippen LogP contribution in [0.3, 0.4) is 0 Å². The van der Waals surface area contributed by atoms with Gasteiger partial charge in [-0.3, -0.25) is 0 Å². The van der Waals surface area contributed by atoms with E-state index in [1.54, 1.807) is 30.5 Å². The molecule has 3 rings (SSSR count). The number of phenols is 1. The fraction of sp³-hybridized carbons (Fsp3) is 0.133. The van der Waals surface area contributed by atoms with E-state index in [0.717, 1.165) is 0 Å². The standard InChI is InChI=1S/C15H14N4O2S/c1-10(17-13-8-4-5-9-16-13)19-15(22)21-14(18-19)11-6-2-3-7-12(11)20/h2-10,20H,1H3,(H,16,17). The molecule has 0 aliphatic carbocycles.